The normalized spacial score (nSPS) is 15.0. The van der Waals surface area contributed by atoms with Crippen molar-refractivity contribution in [3.05, 3.63) is 22.4 Å². The molecule has 0 aromatic carbocycles. The third-order valence-corrected chi connectivity index (χ3v) is 4.69. The van der Waals surface area contributed by atoms with Gasteiger partial charge in [0.05, 0.1) is 11.5 Å². The van der Waals surface area contributed by atoms with E-state index in [1.165, 1.54) is 0 Å². The van der Waals surface area contributed by atoms with Gasteiger partial charge in [-0.15, -0.1) is 11.3 Å². The lowest BCUT2D eigenvalue weighted by molar-refractivity contribution is -0.147. The van der Waals surface area contributed by atoms with E-state index in [1.54, 1.807) is 25.2 Å². The van der Waals surface area contributed by atoms with Crippen LogP contribution in [0, 0.1) is 5.41 Å². The van der Waals surface area contributed by atoms with Crippen LogP contribution in [0.15, 0.2) is 17.5 Å². The second-order valence-electron chi connectivity index (χ2n) is 5.40. The van der Waals surface area contributed by atoms with Gasteiger partial charge in [0.15, 0.2) is 0 Å². The summed E-state index contributed by atoms with van der Waals surface area (Å²) in [6.45, 7) is 5.63. The Balaban J connectivity index is 2.57. The van der Waals surface area contributed by atoms with Gasteiger partial charge in [-0.25, -0.2) is 4.79 Å². The molecule has 2 amide bonds. The zero-order valence-corrected chi connectivity index (χ0v) is 13.6. The minimum Gasteiger partial charge on any atom is -0.481 e. The van der Waals surface area contributed by atoms with Crippen molar-refractivity contribution >= 4 is 23.3 Å². The number of carbonyl (C=O) groups excluding carboxylic acids is 1. The Bertz CT molecular complexity index is 461. The summed E-state index contributed by atoms with van der Waals surface area (Å²) in [5.41, 5.74) is -0.930. The zero-order valence-electron chi connectivity index (χ0n) is 12.8. The van der Waals surface area contributed by atoms with Crippen LogP contribution in [0.2, 0.25) is 0 Å². The number of carboxylic acid groups (broad SMARTS) is 1. The number of hydrogen-bond donors (Lipinski definition) is 3. The van der Waals surface area contributed by atoms with Crippen LogP contribution in [0.3, 0.4) is 0 Å². The van der Waals surface area contributed by atoms with Gasteiger partial charge in [-0.3, -0.25) is 4.79 Å². The maximum absolute atomic E-state index is 12.0. The smallest absolute Gasteiger partial charge is 0.315 e. The molecule has 5 nitrogen and oxygen atoms in total. The molecule has 0 saturated heterocycles. The average Bonchev–Trinajstić information content (AvgIpc) is 2.98. The fourth-order valence-corrected chi connectivity index (χ4v) is 2.71. The fraction of sp³-hybridized carbons (Fsp3) is 0.600. The first-order valence-corrected chi connectivity index (χ1v) is 8.12. The van der Waals surface area contributed by atoms with Gasteiger partial charge < -0.3 is 15.7 Å². The number of thiophene rings is 1. The molecule has 0 aliphatic rings. The number of urea groups is 1. The van der Waals surface area contributed by atoms with Crippen molar-refractivity contribution in [1.82, 2.24) is 10.6 Å². The molecule has 1 aromatic rings. The molecule has 3 N–H and O–H groups in total. The van der Waals surface area contributed by atoms with Crippen molar-refractivity contribution in [2.75, 3.05) is 6.54 Å². The predicted octanol–water partition coefficient (Wildman–Crippen LogP) is 3.39. The van der Waals surface area contributed by atoms with Crippen LogP contribution in [0.5, 0.6) is 0 Å². The quantitative estimate of drug-likeness (QED) is 0.688. The van der Waals surface area contributed by atoms with E-state index in [2.05, 4.69) is 17.6 Å². The molecule has 118 valence electrons. The molecule has 0 saturated carbocycles. The summed E-state index contributed by atoms with van der Waals surface area (Å²) < 4.78 is 0. The highest BCUT2D eigenvalue weighted by atomic mass is 32.1. The molecule has 0 radical (unpaired) electrons. The van der Waals surface area contributed by atoms with Crippen molar-refractivity contribution in [1.29, 1.82) is 0 Å². The Morgan fingerprint density at radius 3 is 2.62 bits per heavy atom. The van der Waals surface area contributed by atoms with E-state index in [-0.39, 0.29) is 18.6 Å². The Morgan fingerprint density at radius 2 is 2.14 bits per heavy atom. The monoisotopic (exact) mass is 312 g/mol. The van der Waals surface area contributed by atoms with Crippen molar-refractivity contribution in [3.63, 3.8) is 0 Å². The van der Waals surface area contributed by atoms with Crippen LogP contribution in [0.4, 0.5) is 4.79 Å². The van der Waals surface area contributed by atoms with Gasteiger partial charge in [-0.1, -0.05) is 26.3 Å². The molecule has 1 aromatic heterocycles. The highest BCUT2D eigenvalue weighted by Crippen LogP contribution is 2.23. The van der Waals surface area contributed by atoms with Gasteiger partial charge in [0, 0.05) is 11.4 Å². The highest BCUT2D eigenvalue weighted by molar-refractivity contribution is 7.10. The van der Waals surface area contributed by atoms with E-state index >= 15 is 0 Å². The molecule has 1 rings (SSSR count). The molecule has 6 heteroatoms. The second-order valence-corrected chi connectivity index (χ2v) is 6.38. The SMILES string of the molecule is CCCC(NC(=O)NCC(C)(CC)C(=O)O)c1cccs1. The highest BCUT2D eigenvalue weighted by Gasteiger charge is 2.31. The molecule has 0 spiro atoms. The number of nitrogens with one attached hydrogen (secondary N) is 2. The van der Waals surface area contributed by atoms with Crippen molar-refractivity contribution in [3.8, 4) is 0 Å². The van der Waals surface area contributed by atoms with Crippen LogP contribution in [-0.2, 0) is 4.79 Å². The number of hydrogen-bond acceptors (Lipinski definition) is 3. The number of amides is 2. The van der Waals surface area contributed by atoms with Gasteiger partial charge in [-0.2, -0.15) is 0 Å². The third kappa shape index (κ3) is 5.04. The second kappa shape index (κ2) is 8.02. The lowest BCUT2D eigenvalue weighted by atomic mass is 9.88. The van der Waals surface area contributed by atoms with E-state index in [4.69, 9.17) is 0 Å². The van der Waals surface area contributed by atoms with E-state index in [9.17, 15) is 14.7 Å². The summed E-state index contributed by atoms with van der Waals surface area (Å²) in [6.07, 6.45) is 2.29. The molecular formula is C15H24N2O3S. The van der Waals surface area contributed by atoms with Gasteiger partial charge >= 0.3 is 12.0 Å². The van der Waals surface area contributed by atoms with Crippen molar-refractivity contribution < 1.29 is 14.7 Å². The molecule has 0 aliphatic carbocycles. The van der Waals surface area contributed by atoms with E-state index < -0.39 is 11.4 Å². The largest absolute Gasteiger partial charge is 0.481 e. The maximum atomic E-state index is 12.0. The minimum absolute atomic E-state index is 0.0206. The molecule has 2 atom stereocenters. The van der Waals surface area contributed by atoms with Crippen LogP contribution < -0.4 is 10.6 Å². The van der Waals surface area contributed by atoms with Gasteiger partial charge in [0.2, 0.25) is 0 Å². The van der Waals surface area contributed by atoms with Crippen LogP contribution >= 0.6 is 11.3 Å². The molecule has 0 fully saturated rings. The number of carboxylic acids is 1. The van der Waals surface area contributed by atoms with E-state index in [1.807, 2.05) is 17.5 Å². The Kier molecular flexibility index (Phi) is 6.68. The number of rotatable bonds is 8. The summed E-state index contributed by atoms with van der Waals surface area (Å²) in [5.74, 6) is -0.895. The summed E-state index contributed by atoms with van der Waals surface area (Å²) in [4.78, 5) is 24.3. The van der Waals surface area contributed by atoms with Crippen LogP contribution in [0.1, 0.15) is 51.0 Å². The van der Waals surface area contributed by atoms with Crippen LogP contribution in [0.25, 0.3) is 0 Å². The lowest BCUT2D eigenvalue weighted by Gasteiger charge is -2.24. The summed E-state index contributed by atoms with van der Waals surface area (Å²) >= 11 is 1.61. The van der Waals surface area contributed by atoms with Gasteiger partial charge in [0.1, 0.15) is 0 Å². The average molecular weight is 312 g/mol. The molecule has 2 unspecified atom stereocenters. The van der Waals surface area contributed by atoms with E-state index in [0.717, 1.165) is 17.7 Å². The standard InChI is InChI=1S/C15H24N2O3S/c1-4-7-11(12-8-6-9-21-12)17-14(20)16-10-15(3,5-2)13(18)19/h6,8-9,11H,4-5,7,10H2,1-3H3,(H,18,19)(H2,16,17,20). The first-order chi connectivity index (χ1) is 9.92. The fourth-order valence-electron chi connectivity index (χ4n) is 1.90. The first-order valence-electron chi connectivity index (χ1n) is 7.24. The topological polar surface area (TPSA) is 78.4 Å². The lowest BCUT2D eigenvalue weighted by Crippen LogP contribution is -2.45. The molecule has 0 bridgehead atoms. The molecule has 1 heterocycles. The number of carbonyl (C=O) groups is 2. The Morgan fingerprint density at radius 1 is 1.43 bits per heavy atom. The summed E-state index contributed by atoms with van der Waals surface area (Å²) in [6, 6.07) is 3.62. The molecular weight excluding hydrogens is 288 g/mol. The summed E-state index contributed by atoms with van der Waals surface area (Å²) in [5, 5.41) is 16.8. The first kappa shape index (κ1) is 17.5. The minimum atomic E-state index is -0.930. The Hall–Kier alpha value is -1.56. The maximum Gasteiger partial charge on any atom is 0.315 e. The van der Waals surface area contributed by atoms with Crippen LogP contribution in [-0.4, -0.2) is 23.7 Å². The van der Waals surface area contributed by atoms with Gasteiger partial charge in [0.25, 0.3) is 0 Å². The molecule has 0 aliphatic heterocycles. The summed E-state index contributed by atoms with van der Waals surface area (Å²) in [7, 11) is 0. The van der Waals surface area contributed by atoms with Gasteiger partial charge in [-0.05, 0) is 31.2 Å². The third-order valence-electron chi connectivity index (χ3n) is 3.71. The van der Waals surface area contributed by atoms with E-state index in [0.29, 0.717) is 6.42 Å². The van der Waals surface area contributed by atoms with Crippen molar-refractivity contribution in [2.45, 2.75) is 46.1 Å². The van der Waals surface area contributed by atoms with Crippen molar-refractivity contribution in [2.24, 2.45) is 5.41 Å². The zero-order chi connectivity index (χ0) is 15.9. The Labute approximate surface area is 129 Å². The molecule has 21 heavy (non-hydrogen) atoms. The predicted molar refractivity (Wildman–Crippen MR) is 84.5 cm³/mol. The number of aliphatic carboxylic acids is 1.